The van der Waals surface area contributed by atoms with Crippen molar-refractivity contribution in [2.75, 3.05) is 39.2 Å². The minimum atomic E-state index is -4.85. The highest BCUT2D eigenvalue weighted by molar-refractivity contribution is 6.08. The van der Waals surface area contributed by atoms with Crippen molar-refractivity contribution >= 4 is 23.4 Å². The summed E-state index contributed by atoms with van der Waals surface area (Å²) in [5.74, 6) is -1.13. The SMILES string of the molecule is CCN(Cc1ccncc1)C(=O)c1cc(OC)ccc1-n1nc(C(F)(F)F)c2c1C(=O)N(c1ccc(C(=O)N(C)C)cc1)CC2. The Bertz CT molecular complexity index is 1740. The number of hydrogen-bond donors (Lipinski definition) is 0. The number of fused-ring (bicyclic) bond motifs is 1. The predicted molar refractivity (Wildman–Crippen MR) is 160 cm³/mol. The Balaban J connectivity index is 1.61. The highest BCUT2D eigenvalue weighted by atomic mass is 19.4. The monoisotopic (exact) mass is 620 g/mol. The third kappa shape index (κ3) is 6.10. The fraction of sp³-hybridized carbons (Fsp3) is 0.281. The van der Waals surface area contributed by atoms with Crippen molar-refractivity contribution in [2.24, 2.45) is 0 Å². The summed E-state index contributed by atoms with van der Waals surface area (Å²) < 4.78 is 49.2. The van der Waals surface area contributed by atoms with Crippen LogP contribution >= 0.6 is 0 Å². The Morgan fingerprint density at radius 3 is 2.29 bits per heavy atom. The van der Waals surface area contributed by atoms with Crippen molar-refractivity contribution in [1.29, 1.82) is 0 Å². The first-order valence-corrected chi connectivity index (χ1v) is 14.1. The van der Waals surface area contributed by atoms with Gasteiger partial charge in [0.05, 0.1) is 18.4 Å². The molecule has 1 aliphatic heterocycles. The van der Waals surface area contributed by atoms with E-state index >= 15 is 0 Å². The number of rotatable bonds is 8. The lowest BCUT2D eigenvalue weighted by molar-refractivity contribution is -0.141. The van der Waals surface area contributed by atoms with Crippen molar-refractivity contribution in [2.45, 2.75) is 26.1 Å². The molecule has 0 saturated heterocycles. The van der Waals surface area contributed by atoms with Gasteiger partial charge in [-0.3, -0.25) is 19.4 Å². The third-order valence-electron chi connectivity index (χ3n) is 7.57. The molecule has 0 aliphatic carbocycles. The molecule has 0 unspecified atom stereocenters. The lowest BCUT2D eigenvalue weighted by Gasteiger charge is -2.28. The molecule has 0 saturated carbocycles. The normalized spacial score (nSPS) is 13.0. The molecule has 0 N–H and O–H groups in total. The lowest BCUT2D eigenvalue weighted by Crippen LogP contribution is -2.39. The van der Waals surface area contributed by atoms with E-state index in [9.17, 15) is 27.6 Å². The molecule has 0 radical (unpaired) electrons. The minimum absolute atomic E-state index is 0.00264. The van der Waals surface area contributed by atoms with E-state index in [2.05, 4.69) is 10.1 Å². The van der Waals surface area contributed by atoms with Gasteiger partial charge in [0.15, 0.2) is 5.69 Å². The Labute approximate surface area is 257 Å². The quantitative estimate of drug-likeness (QED) is 0.279. The van der Waals surface area contributed by atoms with Gasteiger partial charge in [-0.15, -0.1) is 0 Å². The van der Waals surface area contributed by atoms with Crippen molar-refractivity contribution < 1.29 is 32.3 Å². The molecule has 2 aromatic heterocycles. The number of alkyl halides is 3. The van der Waals surface area contributed by atoms with Crippen LogP contribution in [0.15, 0.2) is 67.0 Å². The smallest absolute Gasteiger partial charge is 0.435 e. The molecule has 3 amide bonds. The van der Waals surface area contributed by atoms with E-state index in [1.54, 1.807) is 69.8 Å². The first kappa shape index (κ1) is 31.2. The Kier molecular flexibility index (Phi) is 8.62. The standard InChI is InChI=1S/C32H31F3N6O4/c1-5-39(19-20-12-15-36-16-13-20)30(43)25-18-23(45-4)10-11-26(25)41-27-24(28(37-41)32(33,34)35)14-17-40(31(27)44)22-8-6-21(7-9-22)29(42)38(2)3/h6-13,15-16,18H,5,14,17,19H2,1-4H3. The maximum atomic E-state index is 14.3. The van der Waals surface area contributed by atoms with E-state index < -0.39 is 23.7 Å². The van der Waals surface area contributed by atoms with Gasteiger partial charge in [0.1, 0.15) is 11.4 Å². The van der Waals surface area contributed by atoms with E-state index in [1.807, 2.05) is 0 Å². The van der Waals surface area contributed by atoms with E-state index in [0.717, 1.165) is 10.2 Å². The van der Waals surface area contributed by atoms with Crippen molar-refractivity contribution in [1.82, 2.24) is 24.6 Å². The molecule has 45 heavy (non-hydrogen) atoms. The van der Waals surface area contributed by atoms with Gasteiger partial charge < -0.3 is 19.4 Å². The maximum Gasteiger partial charge on any atom is 0.435 e. The van der Waals surface area contributed by atoms with Crippen LogP contribution in [0.1, 0.15) is 54.9 Å². The number of nitrogens with zero attached hydrogens (tertiary/aromatic N) is 6. The summed E-state index contributed by atoms with van der Waals surface area (Å²) in [4.78, 5) is 48.6. The Morgan fingerprint density at radius 1 is 1.00 bits per heavy atom. The number of halogens is 3. The topological polar surface area (TPSA) is 101 Å². The zero-order valence-corrected chi connectivity index (χ0v) is 25.1. The number of methoxy groups -OCH3 is 1. The van der Waals surface area contributed by atoms with Gasteiger partial charge in [-0.05, 0) is 73.5 Å². The number of carbonyl (C=O) groups is 3. The average Bonchev–Trinajstić information content (AvgIpc) is 3.44. The number of hydrogen-bond acceptors (Lipinski definition) is 6. The maximum absolute atomic E-state index is 14.3. The molecular formula is C32H31F3N6O4. The number of ether oxygens (including phenoxy) is 1. The third-order valence-corrected chi connectivity index (χ3v) is 7.57. The zero-order valence-electron chi connectivity index (χ0n) is 25.1. The fourth-order valence-electron chi connectivity index (χ4n) is 5.25. The summed E-state index contributed by atoms with van der Waals surface area (Å²) in [7, 11) is 4.64. The van der Waals surface area contributed by atoms with Crippen LogP contribution < -0.4 is 9.64 Å². The first-order valence-electron chi connectivity index (χ1n) is 14.1. The molecule has 0 spiro atoms. The lowest BCUT2D eigenvalue weighted by atomic mass is 10.0. The van der Waals surface area contributed by atoms with E-state index in [1.165, 1.54) is 40.0 Å². The molecule has 0 bridgehead atoms. The molecule has 1 aliphatic rings. The van der Waals surface area contributed by atoms with Crippen LogP contribution in [0.2, 0.25) is 0 Å². The van der Waals surface area contributed by atoms with Crippen LogP contribution in [-0.4, -0.2) is 76.6 Å². The second kappa shape index (κ2) is 12.4. The second-order valence-electron chi connectivity index (χ2n) is 10.6. The van der Waals surface area contributed by atoms with Gasteiger partial charge >= 0.3 is 6.18 Å². The van der Waals surface area contributed by atoms with Crippen LogP contribution in [0, 0.1) is 0 Å². The van der Waals surface area contributed by atoms with Crippen LogP contribution in [0.25, 0.3) is 5.69 Å². The second-order valence-corrected chi connectivity index (χ2v) is 10.6. The van der Waals surface area contributed by atoms with Crippen molar-refractivity contribution in [3.63, 3.8) is 0 Å². The van der Waals surface area contributed by atoms with Gasteiger partial charge in [0.25, 0.3) is 17.7 Å². The van der Waals surface area contributed by atoms with Crippen molar-refractivity contribution in [3.05, 3.63) is 101 Å². The highest BCUT2D eigenvalue weighted by Gasteiger charge is 2.44. The summed E-state index contributed by atoms with van der Waals surface area (Å²) in [5, 5.41) is 3.91. The van der Waals surface area contributed by atoms with Crippen LogP contribution in [0.4, 0.5) is 18.9 Å². The zero-order chi connectivity index (χ0) is 32.5. The van der Waals surface area contributed by atoms with E-state index in [-0.39, 0.29) is 47.9 Å². The van der Waals surface area contributed by atoms with Gasteiger partial charge in [-0.1, -0.05) is 0 Å². The Morgan fingerprint density at radius 2 is 1.69 bits per heavy atom. The Hall–Kier alpha value is -5.20. The average molecular weight is 621 g/mol. The first-order chi connectivity index (χ1) is 21.4. The van der Waals surface area contributed by atoms with E-state index in [4.69, 9.17) is 4.74 Å². The number of aromatic nitrogens is 3. The predicted octanol–water partition coefficient (Wildman–Crippen LogP) is 4.86. The number of anilines is 1. The van der Waals surface area contributed by atoms with Crippen LogP contribution in [0.5, 0.6) is 5.75 Å². The molecule has 13 heteroatoms. The molecule has 0 atom stereocenters. The summed E-state index contributed by atoms with van der Waals surface area (Å²) in [6, 6.07) is 14.1. The number of benzene rings is 2. The highest BCUT2D eigenvalue weighted by Crippen LogP contribution is 2.38. The van der Waals surface area contributed by atoms with Gasteiger partial charge in [0, 0.05) is 62.9 Å². The number of amides is 3. The van der Waals surface area contributed by atoms with Gasteiger partial charge in [0.2, 0.25) is 0 Å². The van der Waals surface area contributed by atoms with Crippen LogP contribution in [-0.2, 0) is 19.1 Å². The largest absolute Gasteiger partial charge is 0.497 e. The molecule has 2 aromatic carbocycles. The van der Waals surface area contributed by atoms with Gasteiger partial charge in [-0.25, -0.2) is 4.68 Å². The van der Waals surface area contributed by atoms with Crippen molar-refractivity contribution in [3.8, 4) is 11.4 Å². The minimum Gasteiger partial charge on any atom is -0.497 e. The number of pyridine rings is 1. The van der Waals surface area contributed by atoms with Gasteiger partial charge in [-0.2, -0.15) is 18.3 Å². The molecule has 0 fully saturated rings. The molecule has 3 heterocycles. The summed E-state index contributed by atoms with van der Waals surface area (Å²) in [5.41, 5.74) is -0.0985. The molecule has 10 nitrogen and oxygen atoms in total. The number of carbonyl (C=O) groups excluding carboxylic acids is 3. The van der Waals surface area contributed by atoms with E-state index in [0.29, 0.717) is 23.5 Å². The molecular weight excluding hydrogens is 589 g/mol. The molecule has 4 aromatic rings. The fourth-order valence-corrected chi connectivity index (χ4v) is 5.25. The van der Waals surface area contributed by atoms with Crippen LogP contribution in [0.3, 0.4) is 0 Å². The molecule has 234 valence electrons. The molecule has 5 rings (SSSR count). The summed E-state index contributed by atoms with van der Waals surface area (Å²) in [6.45, 7) is 2.27. The summed E-state index contributed by atoms with van der Waals surface area (Å²) >= 11 is 0. The summed E-state index contributed by atoms with van der Waals surface area (Å²) in [6.07, 6.45) is -1.77.